The molecule has 0 aliphatic heterocycles. The molecule has 0 saturated carbocycles. The van der Waals surface area contributed by atoms with E-state index < -0.39 is 5.82 Å². The number of nitrogens with zero attached hydrogens (tertiary/aromatic N) is 3. The molecule has 2 heterocycles. The quantitative estimate of drug-likeness (QED) is 0.338. The Bertz CT molecular complexity index is 1510. The van der Waals surface area contributed by atoms with E-state index in [0.29, 0.717) is 39.4 Å². The molecule has 2 amide bonds. The van der Waals surface area contributed by atoms with E-state index in [1.165, 1.54) is 25.2 Å². The summed E-state index contributed by atoms with van der Waals surface area (Å²) in [5.74, 6) is -0.262. The van der Waals surface area contributed by atoms with Gasteiger partial charge in [0.1, 0.15) is 11.6 Å². The molecule has 0 saturated heterocycles. The third-order valence-corrected chi connectivity index (χ3v) is 5.45. The number of nitrogens with one attached hydrogen (secondary N) is 3. The number of amides is 2. The first kappa shape index (κ1) is 21.3. The number of benzene rings is 3. The second kappa shape index (κ2) is 8.78. The smallest absolute Gasteiger partial charge is 0.318 e. The van der Waals surface area contributed by atoms with E-state index in [0.717, 1.165) is 5.56 Å². The van der Waals surface area contributed by atoms with Crippen molar-refractivity contribution < 1.29 is 13.6 Å². The molecule has 0 unspecified atom stereocenters. The van der Waals surface area contributed by atoms with Gasteiger partial charge in [0.25, 0.3) is 0 Å². The predicted octanol–water partition coefficient (Wildman–Crippen LogP) is 5.19. The maximum atomic E-state index is 14.2. The Morgan fingerprint density at radius 3 is 2.59 bits per heavy atom. The number of rotatable bonds is 5. The van der Waals surface area contributed by atoms with E-state index in [1.54, 1.807) is 42.6 Å². The highest BCUT2D eigenvalue weighted by atomic mass is 19.1. The van der Waals surface area contributed by atoms with Crippen LogP contribution >= 0.6 is 0 Å². The number of carbonyl (C=O) groups excluding carboxylic acids is 1. The second-order valence-electron chi connectivity index (χ2n) is 7.62. The molecule has 0 aliphatic rings. The van der Waals surface area contributed by atoms with Gasteiger partial charge in [-0.05, 0) is 30.3 Å². The molecule has 0 fully saturated rings. The summed E-state index contributed by atoms with van der Waals surface area (Å²) in [5, 5.41) is 8.38. The van der Waals surface area contributed by atoms with Crippen LogP contribution in [-0.2, 0) is 6.54 Å². The van der Waals surface area contributed by atoms with Gasteiger partial charge in [-0.3, -0.25) is 4.40 Å². The van der Waals surface area contributed by atoms with Crippen molar-refractivity contribution in [3.05, 3.63) is 90.1 Å². The zero-order valence-electron chi connectivity index (χ0n) is 18.1. The van der Waals surface area contributed by atoms with E-state index in [1.807, 2.05) is 16.5 Å². The first-order chi connectivity index (χ1) is 16.5. The Morgan fingerprint density at radius 2 is 1.82 bits per heavy atom. The number of hydrogen-bond donors (Lipinski definition) is 3. The van der Waals surface area contributed by atoms with Crippen LogP contribution < -0.4 is 16.0 Å². The molecule has 3 aromatic carbocycles. The van der Waals surface area contributed by atoms with Crippen molar-refractivity contribution in [2.75, 3.05) is 17.7 Å². The molecule has 5 aromatic rings. The van der Waals surface area contributed by atoms with Gasteiger partial charge in [-0.1, -0.05) is 30.3 Å². The highest BCUT2D eigenvalue weighted by molar-refractivity contribution is 5.90. The van der Waals surface area contributed by atoms with Crippen molar-refractivity contribution >= 4 is 34.2 Å². The molecule has 3 N–H and O–H groups in total. The van der Waals surface area contributed by atoms with Gasteiger partial charge in [0, 0.05) is 36.5 Å². The Labute approximate surface area is 193 Å². The molecular formula is C25H20F2N6O. The lowest BCUT2D eigenvalue weighted by Crippen LogP contribution is -2.24. The molecule has 2 aromatic heterocycles. The summed E-state index contributed by atoms with van der Waals surface area (Å²) in [5.41, 5.74) is 4.24. The minimum atomic E-state index is -0.396. The fourth-order valence-corrected chi connectivity index (χ4v) is 3.76. The molecule has 0 bridgehead atoms. The molecular weight excluding hydrogens is 438 g/mol. The molecule has 0 spiro atoms. The first-order valence-corrected chi connectivity index (χ1v) is 10.6. The van der Waals surface area contributed by atoms with Gasteiger partial charge >= 0.3 is 6.03 Å². The zero-order chi connectivity index (χ0) is 23.7. The molecule has 7 nitrogen and oxygen atoms in total. The van der Waals surface area contributed by atoms with Gasteiger partial charge in [-0.25, -0.2) is 23.5 Å². The molecule has 0 atom stereocenters. The van der Waals surface area contributed by atoms with Crippen LogP contribution in [0.15, 0.2) is 72.9 Å². The van der Waals surface area contributed by atoms with Crippen LogP contribution in [0.4, 0.5) is 25.1 Å². The summed E-state index contributed by atoms with van der Waals surface area (Å²) < 4.78 is 30.1. The Morgan fingerprint density at radius 1 is 1.03 bits per heavy atom. The predicted molar refractivity (Wildman–Crippen MR) is 128 cm³/mol. The molecule has 5 rings (SSSR count). The van der Waals surface area contributed by atoms with E-state index in [4.69, 9.17) is 0 Å². The van der Waals surface area contributed by atoms with Gasteiger partial charge in [0.05, 0.1) is 22.9 Å². The van der Waals surface area contributed by atoms with Gasteiger partial charge in [-0.2, -0.15) is 0 Å². The molecule has 170 valence electrons. The van der Waals surface area contributed by atoms with Gasteiger partial charge in [-0.15, -0.1) is 0 Å². The van der Waals surface area contributed by atoms with Crippen molar-refractivity contribution in [3.8, 4) is 11.3 Å². The van der Waals surface area contributed by atoms with E-state index in [2.05, 4.69) is 25.9 Å². The number of hydrogen-bond acceptors (Lipinski definition) is 4. The lowest BCUT2D eigenvalue weighted by Gasteiger charge is -2.12. The summed E-state index contributed by atoms with van der Waals surface area (Å²) in [6.45, 7) is 0.212. The highest BCUT2D eigenvalue weighted by Crippen LogP contribution is 2.30. The number of urea groups is 1. The van der Waals surface area contributed by atoms with Crippen LogP contribution in [-0.4, -0.2) is 27.4 Å². The maximum absolute atomic E-state index is 14.2. The number of halogens is 2. The lowest BCUT2D eigenvalue weighted by atomic mass is 10.1. The number of fused-ring (bicyclic) bond motifs is 3. The summed E-state index contributed by atoms with van der Waals surface area (Å²) in [6, 6.07) is 17.7. The molecule has 0 aliphatic carbocycles. The number of carbonyl (C=O) groups is 1. The Balaban J connectivity index is 1.60. The van der Waals surface area contributed by atoms with Crippen LogP contribution in [0.3, 0.4) is 0 Å². The lowest BCUT2D eigenvalue weighted by molar-refractivity contribution is 0.254. The molecule has 9 heteroatoms. The number of imidazole rings is 1. The summed E-state index contributed by atoms with van der Waals surface area (Å²) >= 11 is 0. The standard InChI is InChI=1S/C25H20F2N6O/c1-28-25(34)31-18-9-6-15(7-10-18)22-14-30-24-23(29-13-16-4-2-3-5-19(16)27)32-20-11-8-17(26)12-21(20)33(22)24/h2-12,14H,13H2,1H3,(H,29,32)(H2,28,31,34). The number of anilines is 2. The van der Waals surface area contributed by atoms with Crippen LogP contribution in [0.1, 0.15) is 5.56 Å². The summed E-state index contributed by atoms with van der Waals surface area (Å²) in [6.07, 6.45) is 1.68. The zero-order valence-corrected chi connectivity index (χ0v) is 18.1. The monoisotopic (exact) mass is 458 g/mol. The van der Waals surface area contributed by atoms with Crippen molar-refractivity contribution in [3.63, 3.8) is 0 Å². The van der Waals surface area contributed by atoms with Gasteiger partial charge in [0.2, 0.25) is 0 Å². The number of aromatic nitrogens is 3. The highest BCUT2D eigenvalue weighted by Gasteiger charge is 2.16. The van der Waals surface area contributed by atoms with Crippen molar-refractivity contribution in [2.45, 2.75) is 6.54 Å². The van der Waals surface area contributed by atoms with E-state index >= 15 is 0 Å². The van der Waals surface area contributed by atoms with Crippen LogP contribution in [0.5, 0.6) is 0 Å². The SMILES string of the molecule is CNC(=O)Nc1ccc(-c2cnc3c(NCc4ccccc4F)nc4ccc(F)cc4n23)cc1. The minimum absolute atomic E-state index is 0.212. The fraction of sp³-hybridized carbons (Fsp3) is 0.0800. The molecule has 0 radical (unpaired) electrons. The minimum Gasteiger partial charge on any atom is -0.363 e. The third kappa shape index (κ3) is 3.99. The van der Waals surface area contributed by atoms with E-state index in [-0.39, 0.29) is 18.4 Å². The first-order valence-electron chi connectivity index (χ1n) is 10.6. The molecule has 34 heavy (non-hydrogen) atoms. The van der Waals surface area contributed by atoms with Crippen LogP contribution in [0.2, 0.25) is 0 Å². The Kier molecular flexibility index (Phi) is 5.51. The Hall–Kier alpha value is -4.53. The van der Waals surface area contributed by atoms with Crippen LogP contribution in [0.25, 0.3) is 27.9 Å². The van der Waals surface area contributed by atoms with E-state index in [9.17, 15) is 13.6 Å². The average molecular weight is 458 g/mol. The largest absolute Gasteiger partial charge is 0.363 e. The fourth-order valence-electron chi connectivity index (χ4n) is 3.76. The summed E-state index contributed by atoms with van der Waals surface area (Å²) in [7, 11) is 1.54. The maximum Gasteiger partial charge on any atom is 0.318 e. The van der Waals surface area contributed by atoms with Crippen molar-refractivity contribution in [1.82, 2.24) is 19.7 Å². The van der Waals surface area contributed by atoms with Gasteiger partial charge in [0.15, 0.2) is 11.5 Å². The average Bonchev–Trinajstić information content (AvgIpc) is 3.30. The second-order valence-corrected chi connectivity index (χ2v) is 7.62. The van der Waals surface area contributed by atoms with Crippen molar-refractivity contribution in [2.24, 2.45) is 0 Å². The normalized spacial score (nSPS) is 11.0. The van der Waals surface area contributed by atoms with Crippen molar-refractivity contribution in [1.29, 1.82) is 0 Å². The third-order valence-electron chi connectivity index (χ3n) is 5.45. The van der Waals surface area contributed by atoms with Crippen LogP contribution in [0, 0.1) is 11.6 Å². The topological polar surface area (TPSA) is 83.3 Å². The van der Waals surface area contributed by atoms with Gasteiger partial charge < -0.3 is 16.0 Å². The summed E-state index contributed by atoms with van der Waals surface area (Å²) in [4.78, 5) is 20.7.